The lowest BCUT2D eigenvalue weighted by Crippen LogP contribution is -2.15. The first-order chi connectivity index (χ1) is 20.6. The van der Waals surface area contributed by atoms with Gasteiger partial charge in [0.25, 0.3) is 0 Å². The van der Waals surface area contributed by atoms with E-state index in [0.29, 0.717) is 56.6 Å². The van der Waals surface area contributed by atoms with Crippen LogP contribution >= 0.6 is 11.6 Å². The molecule has 2 heterocycles. The molecule has 3 aromatic carbocycles. The number of fused-ring (bicyclic) bond motifs is 1. The number of halogens is 1. The van der Waals surface area contributed by atoms with E-state index in [-0.39, 0.29) is 12.6 Å². The Kier molecular flexibility index (Phi) is 7.70. The molecule has 9 nitrogen and oxygen atoms in total. The Morgan fingerprint density at radius 2 is 1.81 bits per heavy atom. The van der Waals surface area contributed by atoms with Crippen molar-refractivity contribution in [2.24, 2.45) is 0 Å². The van der Waals surface area contributed by atoms with Crippen molar-refractivity contribution in [3.8, 4) is 12.1 Å². The molecule has 1 saturated carbocycles. The van der Waals surface area contributed by atoms with Crippen molar-refractivity contribution in [2.45, 2.75) is 37.4 Å². The summed E-state index contributed by atoms with van der Waals surface area (Å²) >= 11 is 6.79. The van der Waals surface area contributed by atoms with Crippen LogP contribution in [0.25, 0.3) is 10.9 Å². The van der Waals surface area contributed by atoms with E-state index in [1.54, 1.807) is 12.1 Å². The number of nitrogens with zero attached hydrogens (tertiary/aromatic N) is 6. The molecule has 0 spiro atoms. The lowest BCUT2D eigenvalue weighted by Gasteiger charge is -2.23. The van der Waals surface area contributed by atoms with Gasteiger partial charge in [-0.2, -0.15) is 10.5 Å². The highest BCUT2D eigenvalue weighted by molar-refractivity contribution is 6.35. The van der Waals surface area contributed by atoms with Crippen LogP contribution in [0.15, 0.2) is 79.1 Å². The maximum Gasteiger partial charge on any atom is 0.109 e. The Balaban J connectivity index is 1.44. The third-order valence-corrected chi connectivity index (χ3v) is 7.68. The average molecular weight is 575 g/mol. The number of anilines is 2. The van der Waals surface area contributed by atoms with Gasteiger partial charge < -0.3 is 15.7 Å². The Hall–Kier alpha value is -4.96. The quantitative estimate of drug-likeness (QED) is 0.177. The fourth-order valence-corrected chi connectivity index (χ4v) is 5.38. The van der Waals surface area contributed by atoms with Crippen LogP contribution in [0.2, 0.25) is 5.02 Å². The lowest BCUT2D eigenvalue weighted by atomic mass is 10.0. The number of hydrogen-bond donors (Lipinski definition) is 3. The number of aliphatic hydroxyl groups excluding tert-OH is 1. The van der Waals surface area contributed by atoms with Crippen LogP contribution in [0, 0.1) is 22.7 Å². The maximum atomic E-state index is 10.0. The van der Waals surface area contributed by atoms with Gasteiger partial charge in [-0.3, -0.25) is 4.98 Å². The molecule has 42 heavy (non-hydrogen) atoms. The number of nitrogens with one attached hydrogen (secondary N) is 2. The van der Waals surface area contributed by atoms with E-state index in [0.717, 1.165) is 24.0 Å². The number of benzene rings is 3. The van der Waals surface area contributed by atoms with Crippen molar-refractivity contribution < 1.29 is 5.11 Å². The minimum absolute atomic E-state index is 0.0317. The van der Waals surface area contributed by atoms with E-state index in [1.165, 1.54) is 6.20 Å². The molecule has 1 fully saturated rings. The molecule has 10 heteroatoms. The summed E-state index contributed by atoms with van der Waals surface area (Å²) in [7, 11) is 0. The molecule has 1 unspecified atom stereocenters. The second-order valence-electron chi connectivity index (χ2n) is 10.3. The zero-order valence-electron chi connectivity index (χ0n) is 22.6. The lowest BCUT2D eigenvalue weighted by molar-refractivity contribution is 0.280. The van der Waals surface area contributed by atoms with Gasteiger partial charge in [-0.1, -0.05) is 59.3 Å². The zero-order chi connectivity index (χ0) is 29.1. The molecule has 0 aliphatic heterocycles. The second-order valence-corrected chi connectivity index (χ2v) is 10.7. The first kappa shape index (κ1) is 27.2. The molecule has 0 saturated heterocycles. The van der Waals surface area contributed by atoms with E-state index < -0.39 is 6.04 Å². The van der Waals surface area contributed by atoms with Gasteiger partial charge in [0.1, 0.15) is 11.8 Å². The molecular weight excluding hydrogens is 548 g/mol. The molecule has 0 amide bonds. The second kappa shape index (κ2) is 11.9. The van der Waals surface area contributed by atoms with Gasteiger partial charge in [0.15, 0.2) is 0 Å². The Bertz CT molecular complexity index is 1820. The van der Waals surface area contributed by atoms with Gasteiger partial charge in [0, 0.05) is 23.9 Å². The van der Waals surface area contributed by atoms with Gasteiger partial charge in [0.2, 0.25) is 0 Å². The Morgan fingerprint density at radius 3 is 2.55 bits per heavy atom. The molecule has 0 bridgehead atoms. The normalized spacial score (nSPS) is 14.1. The van der Waals surface area contributed by atoms with Crippen molar-refractivity contribution in [3.05, 3.63) is 112 Å². The van der Waals surface area contributed by atoms with Crippen LogP contribution in [0.4, 0.5) is 11.4 Å². The number of hydrogen-bond acceptors (Lipinski definition) is 8. The summed E-state index contributed by atoms with van der Waals surface area (Å²) in [5, 5.41) is 46.3. The summed E-state index contributed by atoms with van der Waals surface area (Å²) < 4.78 is 1.89. The van der Waals surface area contributed by atoms with E-state index >= 15 is 0 Å². The van der Waals surface area contributed by atoms with Crippen molar-refractivity contribution in [1.29, 1.82) is 10.5 Å². The van der Waals surface area contributed by atoms with Crippen molar-refractivity contribution in [3.63, 3.8) is 0 Å². The fraction of sp³-hybridized carbons (Fsp3) is 0.219. The third-order valence-electron chi connectivity index (χ3n) is 7.39. The predicted molar refractivity (Wildman–Crippen MR) is 161 cm³/mol. The van der Waals surface area contributed by atoms with E-state index in [4.69, 9.17) is 11.6 Å². The first-order valence-corrected chi connectivity index (χ1v) is 14.1. The van der Waals surface area contributed by atoms with Gasteiger partial charge in [-0.25, -0.2) is 4.68 Å². The Labute approximate surface area is 248 Å². The molecule has 3 N–H and O–H groups in total. The van der Waals surface area contributed by atoms with Gasteiger partial charge in [-0.15, -0.1) is 5.10 Å². The molecule has 1 aliphatic carbocycles. The summed E-state index contributed by atoms with van der Waals surface area (Å²) in [5.74, 6) is 0. The highest BCUT2D eigenvalue weighted by atomic mass is 35.5. The third kappa shape index (κ3) is 5.61. The van der Waals surface area contributed by atoms with Crippen LogP contribution in [-0.2, 0) is 0 Å². The first-order valence-electron chi connectivity index (χ1n) is 13.7. The molecule has 0 radical (unpaired) electrons. The molecule has 1 aliphatic rings. The molecule has 5 aromatic rings. The SMILES string of the molecule is N#Cc1cccc(C(Nc2cc(Cl)c3ncc(C#N)c(N[C@H](CCO)c4ccccc4)c3c2)c2cn(C3CC3)nn2)c1. The van der Waals surface area contributed by atoms with Gasteiger partial charge in [-0.05, 0) is 54.7 Å². The van der Waals surface area contributed by atoms with E-state index in [9.17, 15) is 15.6 Å². The number of aliphatic hydroxyl groups is 1. The molecule has 208 valence electrons. The highest BCUT2D eigenvalue weighted by Gasteiger charge is 2.27. The summed E-state index contributed by atoms with van der Waals surface area (Å²) in [4.78, 5) is 4.49. The Morgan fingerprint density at radius 1 is 1.00 bits per heavy atom. The number of rotatable bonds is 10. The molecule has 2 aromatic heterocycles. The van der Waals surface area contributed by atoms with Crippen molar-refractivity contribution in [2.75, 3.05) is 17.2 Å². The van der Waals surface area contributed by atoms with E-state index in [1.807, 2.05) is 65.5 Å². The highest BCUT2D eigenvalue weighted by Crippen LogP contribution is 2.38. The van der Waals surface area contributed by atoms with Crippen LogP contribution < -0.4 is 10.6 Å². The monoisotopic (exact) mass is 574 g/mol. The topological polar surface area (TPSA) is 135 Å². The summed E-state index contributed by atoms with van der Waals surface area (Å²) in [6.45, 7) is -0.0317. The van der Waals surface area contributed by atoms with Crippen LogP contribution in [0.3, 0.4) is 0 Å². The summed E-state index contributed by atoms with van der Waals surface area (Å²) in [6, 6.07) is 25.0. The van der Waals surface area contributed by atoms with Crippen molar-refractivity contribution in [1.82, 2.24) is 20.0 Å². The maximum absolute atomic E-state index is 10.0. The minimum atomic E-state index is -0.422. The standard InChI is InChI=1S/C32H27ClN8O/c33-27-15-24(37-31(22-8-4-5-20(13-22)16-34)29-19-41(40-39-29)25-9-10-25)14-26-30(23(17-35)18-36-32(26)27)38-28(11-12-42)21-6-2-1-3-7-21/h1-8,13-15,18-19,25,28,31,37,42H,9-12H2,(H,36,38)/t28-,31?/m1/s1. The van der Waals surface area contributed by atoms with Crippen LogP contribution in [-0.4, -0.2) is 31.7 Å². The number of nitriles is 2. The van der Waals surface area contributed by atoms with Gasteiger partial charge in [0.05, 0.1) is 57.7 Å². The smallest absolute Gasteiger partial charge is 0.109 e. The van der Waals surface area contributed by atoms with E-state index in [2.05, 4.69) is 38.1 Å². The zero-order valence-corrected chi connectivity index (χ0v) is 23.3. The molecular formula is C32H27ClN8O. The molecule has 6 rings (SSSR count). The largest absolute Gasteiger partial charge is 0.396 e. The van der Waals surface area contributed by atoms with Gasteiger partial charge >= 0.3 is 0 Å². The fourth-order valence-electron chi connectivity index (χ4n) is 5.12. The summed E-state index contributed by atoms with van der Waals surface area (Å²) in [6.07, 6.45) is 6.05. The minimum Gasteiger partial charge on any atom is -0.396 e. The number of aromatic nitrogens is 4. The summed E-state index contributed by atoms with van der Waals surface area (Å²) in [5.41, 5.74) is 5.25. The number of pyridine rings is 1. The molecule has 2 atom stereocenters. The predicted octanol–water partition coefficient (Wildman–Crippen LogP) is 6.30. The van der Waals surface area contributed by atoms with Crippen LogP contribution in [0.5, 0.6) is 0 Å². The van der Waals surface area contributed by atoms with Crippen LogP contribution in [0.1, 0.15) is 65.3 Å². The van der Waals surface area contributed by atoms with Crippen molar-refractivity contribution >= 4 is 33.9 Å². The average Bonchev–Trinajstić information content (AvgIpc) is 3.76.